The standard InChI is InChI=1S/C14H10Cl3N3O2S/c15-3-4-20-9-10(8-19-20)5-12(7-18)23(21,22)14-6-11(16)1-2-13(14)17/h1-2,5-6,8-9H,3-4H2. The van der Waals surface area contributed by atoms with Crippen LogP contribution >= 0.6 is 34.8 Å². The molecule has 0 radical (unpaired) electrons. The lowest BCUT2D eigenvalue weighted by atomic mass is 10.3. The van der Waals surface area contributed by atoms with Crippen molar-refractivity contribution in [2.75, 3.05) is 5.88 Å². The van der Waals surface area contributed by atoms with E-state index in [2.05, 4.69) is 5.10 Å². The van der Waals surface area contributed by atoms with Gasteiger partial charge in [0, 0.05) is 22.7 Å². The van der Waals surface area contributed by atoms with Gasteiger partial charge in [0.25, 0.3) is 0 Å². The van der Waals surface area contributed by atoms with Crippen LogP contribution < -0.4 is 0 Å². The Hall–Kier alpha value is -1.52. The number of aromatic nitrogens is 2. The number of aryl methyl sites for hydroxylation is 1. The Labute approximate surface area is 148 Å². The van der Waals surface area contributed by atoms with Gasteiger partial charge in [-0.25, -0.2) is 8.42 Å². The fourth-order valence-electron chi connectivity index (χ4n) is 1.79. The summed E-state index contributed by atoms with van der Waals surface area (Å²) in [6, 6.07) is 5.73. The zero-order valence-corrected chi connectivity index (χ0v) is 14.7. The van der Waals surface area contributed by atoms with Crippen LogP contribution in [0, 0.1) is 11.3 Å². The second-order valence-corrected chi connectivity index (χ2v) is 7.53. The van der Waals surface area contributed by atoms with Crippen molar-refractivity contribution in [1.82, 2.24) is 9.78 Å². The van der Waals surface area contributed by atoms with Gasteiger partial charge >= 0.3 is 0 Å². The molecule has 0 fully saturated rings. The van der Waals surface area contributed by atoms with Gasteiger partial charge in [0.15, 0.2) is 0 Å². The van der Waals surface area contributed by atoms with E-state index in [4.69, 9.17) is 34.8 Å². The fourth-order valence-corrected chi connectivity index (χ4v) is 3.87. The highest BCUT2D eigenvalue weighted by atomic mass is 35.5. The van der Waals surface area contributed by atoms with E-state index in [0.29, 0.717) is 18.0 Å². The van der Waals surface area contributed by atoms with Crippen LogP contribution in [0.15, 0.2) is 40.4 Å². The number of nitriles is 1. The molecule has 9 heteroatoms. The second kappa shape index (κ2) is 7.37. The Morgan fingerprint density at radius 1 is 1.39 bits per heavy atom. The van der Waals surface area contributed by atoms with E-state index in [0.717, 1.165) is 0 Å². The number of sulfone groups is 1. The zero-order chi connectivity index (χ0) is 17.0. The SMILES string of the molecule is N#CC(=Cc1cnn(CCCl)c1)S(=O)(=O)c1cc(Cl)ccc1Cl. The summed E-state index contributed by atoms with van der Waals surface area (Å²) in [4.78, 5) is -0.667. The molecule has 0 aliphatic heterocycles. The Kier molecular flexibility index (Phi) is 5.71. The molecule has 0 aliphatic carbocycles. The number of hydrogen-bond donors (Lipinski definition) is 0. The summed E-state index contributed by atoms with van der Waals surface area (Å²) in [6.45, 7) is 0.476. The van der Waals surface area contributed by atoms with Gasteiger partial charge in [0.1, 0.15) is 11.0 Å². The molecular formula is C14H10Cl3N3O2S. The Morgan fingerprint density at radius 2 is 2.13 bits per heavy atom. The van der Waals surface area contributed by atoms with Crippen molar-refractivity contribution in [3.63, 3.8) is 0 Å². The van der Waals surface area contributed by atoms with Gasteiger partial charge in [-0.15, -0.1) is 11.6 Å². The quantitative estimate of drug-likeness (QED) is 0.575. The zero-order valence-electron chi connectivity index (χ0n) is 11.6. The minimum atomic E-state index is -4.09. The van der Waals surface area contributed by atoms with Gasteiger partial charge in [0.2, 0.25) is 9.84 Å². The minimum absolute atomic E-state index is 0.00612. The van der Waals surface area contributed by atoms with E-state index in [1.54, 1.807) is 16.9 Å². The van der Waals surface area contributed by atoms with Crippen LogP contribution in [0.4, 0.5) is 0 Å². The number of benzene rings is 1. The third-order valence-corrected chi connectivity index (χ3v) is 5.40. The molecule has 0 amide bonds. The van der Waals surface area contributed by atoms with Crippen LogP contribution in [0.1, 0.15) is 5.56 Å². The number of rotatable bonds is 5. The van der Waals surface area contributed by atoms with Crippen LogP contribution in [0.3, 0.4) is 0 Å². The fraction of sp³-hybridized carbons (Fsp3) is 0.143. The first-order valence-corrected chi connectivity index (χ1v) is 9.06. The summed E-state index contributed by atoms with van der Waals surface area (Å²) in [7, 11) is -4.09. The lowest BCUT2D eigenvalue weighted by Crippen LogP contribution is -2.04. The molecule has 0 aliphatic rings. The van der Waals surface area contributed by atoms with Gasteiger partial charge in [-0.2, -0.15) is 10.4 Å². The predicted molar refractivity (Wildman–Crippen MR) is 90.2 cm³/mol. The largest absolute Gasteiger partial charge is 0.271 e. The summed E-state index contributed by atoms with van der Waals surface area (Å²) in [5.74, 6) is 0.367. The first kappa shape index (κ1) is 17.8. The van der Waals surface area contributed by atoms with Crippen LogP contribution in [-0.2, 0) is 16.4 Å². The molecule has 0 atom stereocenters. The van der Waals surface area contributed by atoms with E-state index >= 15 is 0 Å². The Bertz CT molecular complexity index is 898. The predicted octanol–water partition coefficient (Wildman–Crippen LogP) is 3.77. The topological polar surface area (TPSA) is 75.8 Å². The Balaban J connectivity index is 2.48. The minimum Gasteiger partial charge on any atom is -0.271 e. The maximum Gasteiger partial charge on any atom is 0.218 e. The van der Waals surface area contributed by atoms with E-state index in [1.807, 2.05) is 0 Å². The summed E-state index contributed by atoms with van der Waals surface area (Å²) < 4.78 is 26.7. The van der Waals surface area contributed by atoms with Crippen LogP contribution in [0.2, 0.25) is 10.0 Å². The molecule has 0 unspecified atom stereocenters. The number of halogens is 3. The number of hydrogen-bond acceptors (Lipinski definition) is 4. The third kappa shape index (κ3) is 4.06. The second-order valence-electron chi connectivity index (χ2n) is 4.42. The number of allylic oxidation sites excluding steroid dienone is 1. The van der Waals surface area contributed by atoms with Gasteiger partial charge in [-0.1, -0.05) is 23.2 Å². The summed E-state index contributed by atoms with van der Waals surface area (Å²) in [6.07, 6.45) is 4.26. The normalized spacial score (nSPS) is 12.2. The van der Waals surface area contributed by atoms with Gasteiger partial charge in [-0.05, 0) is 24.3 Å². The molecule has 2 rings (SSSR count). The number of nitrogens with zero attached hydrogens (tertiary/aromatic N) is 3. The summed E-state index contributed by atoms with van der Waals surface area (Å²) in [5.41, 5.74) is 0.466. The molecule has 2 aromatic rings. The smallest absolute Gasteiger partial charge is 0.218 e. The van der Waals surface area contributed by atoms with Crippen LogP contribution in [-0.4, -0.2) is 24.1 Å². The third-order valence-electron chi connectivity index (χ3n) is 2.85. The molecule has 1 heterocycles. The van der Waals surface area contributed by atoms with Crippen molar-refractivity contribution < 1.29 is 8.42 Å². The molecular weight excluding hydrogens is 381 g/mol. The molecule has 23 heavy (non-hydrogen) atoms. The lowest BCUT2D eigenvalue weighted by Gasteiger charge is -2.05. The molecule has 1 aromatic heterocycles. The lowest BCUT2D eigenvalue weighted by molar-refractivity contribution is 0.603. The molecule has 0 saturated carbocycles. The number of alkyl halides is 1. The molecule has 5 nitrogen and oxygen atoms in total. The van der Waals surface area contributed by atoms with Crippen molar-refractivity contribution in [3.8, 4) is 6.07 Å². The van der Waals surface area contributed by atoms with Crippen molar-refractivity contribution >= 4 is 50.7 Å². The average molecular weight is 391 g/mol. The van der Waals surface area contributed by atoms with Crippen LogP contribution in [0.5, 0.6) is 0 Å². The molecule has 120 valence electrons. The van der Waals surface area contributed by atoms with Gasteiger partial charge in [0.05, 0.1) is 22.7 Å². The summed E-state index contributed by atoms with van der Waals surface area (Å²) >= 11 is 17.4. The Morgan fingerprint density at radius 3 is 2.78 bits per heavy atom. The van der Waals surface area contributed by atoms with E-state index < -0.39 is 14.7 Å². The molecule has 1 aromatic carbocycles. The van der Waals surface area contributed by atoms with E-state index in [-0.39, 0.29) is 14.9 Å². The first-order valence-electron chi connectivity index (χ1n) is 6.29. The average Bonchev–Trinajstić information content (AvgIpc) is 2.94. The monoisotopic (exact) mass is 389 g/mol. The van der Waals surface area contributed by atoms with E-state index in [9.17, 15) is 13.7 Å². The molecule has 0 bridgehead atoms. The van der Waals surface area contributed by atoms with Crippen molar-refractivity contribution in [2.45, 2.75) is 11.4 Å². The summed E-state index contributed by atoms with van der Waals surface area (Å²) in [5, 5.41) is 13.5. The van der Waals surface area contributed by atoms with Gasteiger partial charge < -0.3 is 0 Å². The molecule has 0 saturated heterocycles. The highest BCUT2D eigenvalue weighted by molar-refractivity contribution is 7.95. The van der Waals surface area contributed by atoms with Crippen molar-refractivity contribution in [2.24, 2.45) is 0 Å². The van der Waals surface area contributed by atoms with Gasteiger partial charge in [-0.3, -0.25) is 4.68 Å². The molecule has 0 N–H and O–H groups in total. The van der Waals surface area contributed by atoms with E-state index in [1.165, 1.54) is 30.5 Å². The van der Waals surface area contributed by atoms with Crippen LogP contribution in [0.25, 0.3) is 6.08 Å². The van der Waals surface area contributed by atoms with Crippen molar-refractivity contribution in [3.05, 3.63) is 51.1 Å². The highest BCUT2D eigenvalue weighted by Gasteiger charge is 2.24. The molecule has 0 spiro atoms. The van der Waals surface area contributed by atoms with Crippen molar-refractivity contribution in [1.29, 1.82) is 5.26 Å². The maximum atomic E-state index is 12.6. The maximum absolute atomic E-state index is 12.6. The first-order chi connectivity index (χ1) is 10.9. The highest BCUT2D eigenvalue weighted by Crippen LogP contribution is 2.30.